The van der Waals surface area contributed by atoms with Gasteiger partial charge in [0.2, 0.25) is 0 Å². The van der Waals surface area contributed by atoms with E-state index >= 15 is 0 Å². The number of carbonyl (C=O) groups excluding carboxylic acids is 1. The van der Waals surface area contributed by atoms with Gasteiger partial charge in [0.25, 0.3) is 0 Å². The summed E-state index contributed by atoms with van der Waals surface area (Å²) in [5, 5.41) is 8.68. The molecule has 0 unspecified atom stereocenters. The van der Waals surface area contributed by atoms with Crippen molar-refractivity contribution < 1.29 is 14.7 Å². The van der Waals surface area contributed by atoms with Gasteiger partial charge in [-0.25, -0.2) is 9.79 Å². The molecule has 2 rings (SSSR count). The maximum atomic E-state index is 11.3. The monoisotopic (exact) mass is 189 g/mol. The molecule has 70 valence electrons. The SMILES string of the molecule is O=C(O)C1=Nc2ccccc2CC1=O. The highest BCUT2D eigenvalue weighted by atomic mass is 16.4. The summed E-state index contributed by atoms with van der Waals surface area (Å²) in [7, 11) is 0. The van der Waals surface area contributed by atoms with Crippen molar-refractivity contribution in [3.05, 3.63) is 29.8 Å². The third-order valence-corrected chi connectivity index (χ3v) is 2.04. The molecule has 0 aliphatic carbocycles. The van der Waals surface area contributed by atoms with Crippen LogP contribution in [0.15, 0.2) is 29.3 Å². The van der Waals surface area contributed by atoms with Crippen LogP contribution >= 0.6 is 0 Å². The molecule has 14 heavy (non-hydrogen) atoms. The number of benzene rings is 1. The highest BCUT2D eigenvalue weighted by Gasteiger charge is 2.24. The number of carboxylic acid groups (broad SMARTS) is 1. The van der Waals surface area contributed by atoms with Crippen LogP contribution in [0.5, 0.6) is 0 Å². The van der Waals surface area contributed by atoms with E-state index in [1.165, 1.54) is 0 Å². The molecule has 1 aliphatic rings. The van der Waals surface area contributed by atoms with Gasteiger partial charge in [-0.3, -0.25) is 4.79 Å². The van der Waals surface area contributed by atoms with Crippen LogP contribution in [-0.4, -0.2) is 22.6 Å². The summed E-state index contributed by atoms with van der Waals surface area (Å²) >= 11 is 0. The number of rotatable bonds is 1. The number of ketones is 1. The third kappa shape index (κ3) is 1.31. The van der Waals surface area contributed by atoms with Crippen molar-refractivity contribution in [3.8, 4) is 0 Å². The smallest absolute Gasteiger partial charge is 0.358 e. The summed E-state index contributed by atoms with van der Waals surface area (Å²) in [5.74, 6) is -1.69. The number of aliphatic imine (C=N–C) groups is 1. The minimum Gasteiger partial charge on any atom is -0.476 e. The van der Waals surface area contributed by atoms with E-state index in [4.69, 9.17) is 5.11 Å². The van der Waals surface area contributed by atoms with Crippen molar-refractivity contribution in [1.29, 1.82) is 0 Å². The number of fused-ring (bicyclic) bond motifs is 1. The van der Waals surface area contributed by atoms with Crippen LogP contribution in [0.2, 0.25) is 0 Å². The van der Waals surface area contributed by atoms with Crippen molar-refractivity contribution in [2.75, 3.05) is 0 Å². The molecule has 0 amide bonds. The Morgan fingerprint density at radius 3 is 2.79 bits per heavy atom. The molecule has 1 aliphatic heterocycles. The average Bonchev–Trinajstić information content (AvgIpc) is 2.16. The van der Waals surface area contributed by atoms with Crippen LogP contribution in [0.1, 0.15) is 5.56 Å². The molecule has 0 atom stereocenters. The minimum absolute atomic E-state index is 0.126. The molecule has 4 nitrogen and oxygen atoms in total. The number of para-hydroxylation sites is 1. The first kappa shape index (κ1) is 8.62. The summed E-state index contributed by atoms with van der Waals surface area (Å²) in [4.78, 5) is 25.7. The van der Waals surface area contributed by atoms with E-state index in [0.717, 1.165) is 5.56 Å². The third-order valence-electron chi connectivity index (χ3n) is 2.04. The van der Waals surface area contributed by atoms with Crippen LogP contribution in [0.3, 0.4) is 0 Å². The molecule has 0 saturated carbocycles. The zero-order valence-electron chi connectivity index (χ0n) is 7.23. The maximum Gasteiger partial charge on any atom is 0.358 e. The summed E-state index contributed by atoms with van der Waals surface area (Å²) in [6.07, 6.45) is 0.126. The van der Waals surface area contributed by atoms with Crippen molar-refractivity contribution in [2.45, 2.75) is 6.42 Å². The van der Waals surface area contributed by atoms with Crippen LogP contribution in [0.4, 0.5) is 5.69 Å². The van der Waals surface area contributed by atoms with Crippen LogP contribution in [-0.2, 0) is 16.0 Å². The van der Waals surface area contributed by atoms with Crippen molar-refractivity contribution in [3.63, 3.8) is 0 Å². The van der Waals surface area contributed by atoms with E-state index in [-0.39, 0.29) is 12.1 Å². The number of carboxylic acids is 1. The molecule has 4 heteroatoms. The molecule has 0 saturated heterocycles. The van der Waals surface area contributed by atoms with Crippen molar-refractivity contribution >= 4 is 23.2 Å². The number of hydrogen-bond acceptors (Lipinski definition) is 3. The standard InChI is InChI=1S/C10H7NO3/c12-8-5-6-3-1-2-4-7(6)11-9(8)10(13)14/h1-4H,5H2,(H,13,14). The van der Waals surface area contributed by atoms with E-state index in [1.54, 1.807) is 24.3 Å². The summed E-state index contributed by atoms with van der Waals surface area (Å²) in [5.41, 5.74) is 0.982. The largest absolute Gasteiger partial charge is 0.476 e. The molecule has 0 radical (unpaired) electrons. The quantitative estimate of drug-likeness (QED) is 0.715. The number of nitrogens with zero attached hydrogens (tertiary/aromatic N) is 1. The van der Waals surface area contributed by atoms with E-state index in [1.807, 2.05) is 0 Å². The molecular formula is C10H7NO3. The molecular weight excluding hydrogens is 182 g/mol. The lowest BCUT2D eigenvalue weighted by Crippen LogP contribution is -2.27. The first-order valence-electron chi connectivity index (χ1n) is 4.11. The fourth-order valence-electron chi connectivity index (χ4n) is 1.38. The molecule has 1 heterocycles. The van der Waals surface area contributed by atoms with Crippen LogP contribution < -0.4 is 0 Å². The Bertz CT molecular complexity index is 448. The fraction of sp³-hybridized carbons (Fsp3) is 0.100. The predicted molar refractivity (Wildman–Crippen MR) is 49.9 cm³/mol. The second kappa shape index (κ2) is 3.06. The Kier molecular flexibility index (Phi) is 1.89. The molecule has 1 aromatic carbocycles. The van der Waals surface area contributed by atoms with Gasteiger partial charge in [-0.1, -0.05) is 18.2 Å². The maximum absolute atomic E-state index is 11.3. The van der Waals surface area contributed by atoms with E-state index in [0.29, 0.717) is 5.69 Å². The second-order valence-electron chi connectivity index (χ2n) is 2.99. The lowest BCUT2D eigenvalue weighted by molar-refractivity contribution is -0.130. The van der Waals surface area contributed by atoms with E-state index in [9.17, 15) is 9.59 Å². The Morgan fingerprint density at radius 2 is 2.07 bits per heavy atom. The Morgan fingerprint density at radius 1 is 1.36 bits per heavy atom. The van der Waals surface area contributed by atoms with Gasteiger partial charge in [-0.15, -0.1) is 0 Å². The average molecular weight is 189 g/mol. The molecule has 0 spiro atoms. The molecule has 0 aromatic heterocycles. The number of Topliss-reactive ketones (excluding diaryl/α,β-unsaturated/α-hetero) is 1. The Balaban J connectivity index is 2.54. The first-order valence-corrected chi connectivity index (χ1v) is 4.11. The van der Waals surface area contributed by atoms with Gasteiger partial charge in [0.1, 0.15) is 0 Å². The topological polar surface area (TPSA) is 66.7 Å². The first-order chi connectivity index (χ1) is 6.68. The summed E-state index contributed by atoms with van der Waals surface area (Å²) in [6.45, 7) is 0. The van der Waals surface area contributed by atoms with Crippen LogP contribution in [0.25, 0.3) is 0 Å². The van der Waals surface area contributed by atoms with Crippen molar-refractivity contribution in [2.24, 2.45) is 4.99 Å². The Labute approximate surface area is 79.9 Å². The Hall–Kier alpha value is -1.97. The fourth-order valence-corrected chi connectivity index (χ4v) is 1.38. The minimum atomic E-state index is -1.26. The number of carbonyl (C=O) groups is 2. The predicted octanol–water partition coefficient (Wildman–Crippen LogP) is 0.969. The number of hydrogen-bond donors (Lipinski definition) is 1. The van der Waals surface area contributed by atoms with E-state index < -0.39 is 11.8 Å². The van der Waals surface area contributed by atoms with Gasteiger partial charge < -0.3 is 5.11 Å². The molecule has 1 N–H and O–H groups in total. The number of aliphatic carboxylic acids is 1. The molecule has 1 aromatic rings. The van der Waals surface area contributed by atoms with Gasteiger partial charge >= 0.3 is 5.97 Å². The zero-order chi connectivity index (χ0) is 10.1. The van der Waals surface area contributed by atoms with E-state index in [2.05, 4.69) is 4.99 Å². The summed E-state index contributed by atoms with van der Waals surface area (Å²) < 4.78 is 0. The highest BCUT2D eigenvalue weighted by molar-refractivity contribution is 6.65. The normalized spacial score (nSPS) is 14.6. The van der Waals surface area contributed by atoms with Gasteiger partial charge in [-0.05, 0) is 11.6 Å². The molecule has 0 fully saturated rings. The van der Waals surface area contributed by atoms with Gasteiger partial charge in [0, 0.05) is 6.42 Å². The highest BCUT2D eigenvalue weighted by Crippen LogP contribution is 2.23. The zero-order valence-corrected chi connectivity index (χ0v) is 7.23. The van der Waals surface area contributed by atoms with Gasteiger partial charge in [0.15, 0.2) is 11.5 Å². The molecule has 0 bridgehead atoms. The van der Waals surface area contributed by atoms with Crippen molar-refractivity contribution in [1.82, 2.24) is 0 Å². The van der Waals surface area contributed by atoms with Gasteiger partial charge in [0.05, 0.1) is 5.69 Å². The lowest BCUT2D eigenvalue weighted by Gasteiger charge is -2.10. The second-order valence-corrected chi connectivity index (χ2v) is 2.99. The summed E-state index contributed by atoms with van der Waals surface area (Å²) in [6, 6.07) is 7.03. The lowest BCUT2D eigenvalue weighted by atomic mass is 10.0. The van der Waals surface area contributed by atoms with Crippen LogP contribution in [0, 0.1) is 0 Å². The van der Waals surface area contributed by atoms with Gasteiger partial charge in [-0.2, -0.15) is 0 Å².